The maximum Gasteiger partial charge on any atom is 0.357 e. The number of hydrogen-bond donors (Lipinski definition) is 1. The molecule has 0 aromatic carbocycles. The van der Waals surface area contributed by atoms with Gasteiger partial charge in [0.2, 0.25) is 0 Å². The van der Waals surface area contributed by atoms with E-state index in [0.29, 0.717) is 11.7 Å². The number of thiazole rings is 1. The van der Waals surface area contributed by atoms with Crippen LogP contribution in [-0.2, 0) is 11.3 Å². The molecule has 1 fully saturated rings. The number of carbonyl (C=O) groups is 1. The summed E-state index contributed by atoms with van der Waals surface area (Å²) in [4.78, 5) is 15.2. The normalized spacial score (nSPS) is 15.5. The Morgan fingerprint density at radius 2 is 2.57 bits per heavy atom. The minimum atomic E-state index is -0.362. The molecule has 76 valence electrons. The Morgan fingerprint density at radius 3 is 3.21 bits per heavy atom. The Bertz CT molecular complexity index is 333. The van der Waals surface area contributed by atoms with Crippen LogP contribution in [0.4, 0.5) is 0 Å². The molecule has 1 N–H and O–H groups in total. The molecule has 1 heterocycles. The average Bonchev–Trinajstić information content (AvgIpc) is 2.92. The number of carbonyl (C=O) groups excluding carboxylic acids is 1. The van der Waals surface area contributed by atoms with Crippen molar-refractivity contribution in [1.82, 2.24) is 10.3 Å². The molecule has 1 aromatic rings. The van der Waals surface area contributed by atoms with E-state index in [1.165, 1.54) is 31.3 Å². The Labute approximate surface area is 86.3 Å². The second-order valence-corrected chi connectivity index (χ2v) is 4.22. The second kappa shape index (κ2) is 4.06. The van der Waals surface area contributed by atoms with Crippen LogP contribution < -0.4 is 5.32 Å². The first-order valence-electron chi connectivity index (χ1n) is 4.55. The van der Waals surface area contributed by atoms with Crippen LogP contribution in [0.2, 0.25) is 0 Å². The lowest BCUT2D eigenvalue weighted by Gasteiger charge is -1.96. The van der Waals surface area contributed by atoms with Crippen LogP contribution in [0.5, 0.6) is 0 Å². The van der Waals surface area contributed by atoms with Gasteiger partial charge in [0.1, 0.15) is 5.01 Å². The summed E-state index contributed by atoms with van der Waals surface area (Å²) in [5, 5.41) is 6.01. The summed E-state index contributed by atoms with van der Waals surface area (Å²) in [7, 11) is 1.36. The zero-order valence-corrected chi connectivity index (χ0v) is 8.76. The van der Waals surface area contributed by atoms with E-state index in [2.05, 4.69) is 15.0 Å². The third-order valence-corrected chi connectivity index (χ3v) is 2.91. The molecule has 14 heavy (non-hydrogen) atoms. The Hall–Kier alpha value is -0.940. The van der Waals surface area contributed by atoms with E-state index in [9.17, 15) is 4.79 Å². The van der Waals surface area contributed by atoms with Crippen molar-refractivity contribution in [3.8, 4) is 0 Å². The van der Waals surface area contributed by atoms with Gasteiger partial charge in [-0.2, -0.15) is 0 Å². The lowest BCUT2D eigenvalue weighted by Crippen LogP contribution is -2.15. The Kier molecular flexibility index (Phi) is 2.79. The molecule has 0 amide bonds. The predicted molar refractivity (Wildman–Crippen MR) is 53.3 cm³/mol. The summed E-state index contributed by atoms with van der Waals surface area (Å²) in [5.74, 6) is -0.362. The van der Waals surface area contributed by atoms with Gasteiger partial charge in [-0.3, -0.25) is 0 Å². The van der Waals surface area contributed by atoms with Gasteiger partial charge in [0, 0.05) is 18.0 Å². The number of aromatic nitrogens is 1. The number of hydrogen-bond acceptors (Lipinski definition) is 5. The lowest BCUT2D eigenvalue weighted by atomic mass is 10.5. The quantitative estimate of drug-likeness (QED) is 0.761. The number of esters is 1. The largest absolute Gasteiger partial charge is 0.464 e. The van der Waals surface area contributed by atoms with Gasteiger partial charge in [0.25, 0.3) is 0 Å². The van der Waals surface area contributed by atoms with Crippen molar-refractivity contribution in [3.05, 3.63) is 16.1 Å². The standard InChI is InChI=1S/C9H12N2O2S/c1-13-9(12)7-5-14-8(11-7)4-10-6-2-3-6/h5-6,10H,2-4H2,1H3. The molecular formula is C9H12N2O2S. The smallest absolute Gasteiger partial charge is 0.357 e. The van der Waals surface area contributed by atoms with Crippen LogP contribution in [0.1, 0.15) is 28.3 Å². The van der Waals surface area contributed by atoms with E-state index in [1.807, 2.05) is 0 Å². The molecule has 0 radical (unpaired) electrons. The highest BCUT2D eigenvalue weighted by atomic mass is 32.1. The van der Waals surface area contributed by atoms with Crippen LogP contribution in [0.3, 0.4) is 0 Å². The van der Waals surface area contributed by atoms with Gasteiger partial charge in [-0.05, 0) is 12.8 Å². The predicted octanol–water partition coefficient (Wildman–Crippen LogP) is 1.18. The maximum atomic E-state index is 11.1. The summed E-state index contributed by atoms with van der Waals surface area (Å²) in [6, 6.07) is 0.667. The minimum Gasteiger partial charge on any atom is -0.464 e. The fourth-order valence-corrected chi connectivity index (χ4v) is 1.82. The Balaban J connectivity index is 1.91. The number of methoxy groups -OCH3 is 1. The molecule has 0 spiro atoms. The molecule has 1 aromatic heterocycles. The van der Waals surface area contributed by atoms with E-state index in [0.717, 1.165) is 11.6 Å². The zero-order valence-electron chi connectivity index (χ0n) is 7.95. The summed E-state index contributed by atoms with van der Waals surface area (Å²) in [6.07, 6.45) is 2.52. The SMILES string of the molecule is COC(=O)c1csc(CNC2CC2)n1. The molecule has 0 unspecified atom stereocenters. The first-order chi connectivity index (χ1) is 6.79. The Morgan fingerprint density at radius 1 is 1.79 bits per heavy atom. The van der Waals surface area contributed by atoms with Gasteiger partial charge in [0.05, 0.1) is 7.11 Å². The van der Waals surface area contributed by atoms with Gasteiger partial charge < -0.3 is 10.1 Å². The molecule has 1 saturated carbocycles. The van der Waals surface area contributed by atoms with Crippen molar-refractivity contribution >= 4 is 17.3 Å². The van der Waals surface area contributed by atoms with E-state index in [1.54, 1.807) is 5.38 Å². The van der Waals surface area contributed by atoms with Crippen LogP contribution in [0, 0.1) is 0 Å². The third kappa shape index (κ3) is 2.30. The van der Waals surface area contributed by atoms with Gasteiger partial charge in [0.15, 0.2) is 5.69 Å². The molecule has 4 nitrogen and oxygen atoms in total. The minimum absolute atomic E-state index is 0.362. The van der Waals surface area contributed by atoms with Crippen molar-refractivity contribution < 1.29 is 9.53 Å². The van der Waals surface area contributed by atoms with Gasteiger partial charge in [-0.25, -0.2) is 9.78 Å². The molecular weight excluding hydrogens is 200 g/mol. The van der Waals surface area contributed by atoms with Crippen molar-refractivity contribution in [1.29, 1.82) is 0 Å². The first kappa shape index (κ1) is 9.61. The van der Waals surface area contributed by atoms with Crippen molar-refractivity contribution in [2.75, 3.05) is 7.11 Å². The summed E-state index contributed by atoms with van der Waals surface area (Å²) in [5.41, 5.74) is 0.407. The van der Waals surface area contributed by atoms with Gasteiger partial charge in [-0.15, -0.1) is 11.3 Å². The van der Waals surface area contributed by atoms with Crippen molar-refractivity contribution in [2.24, 2.45) is 0 Å². The van der Waals surface area contributed by atoms with E-state index in [4.69, 9.17) is 0 Å². The number of nitrogens with zero attached hydrogens (tertiary/aromatic N) is 1. The fraction of sp³-hybridized carbons (Fsp3) is 0.556. The van der Waals surface area contributed by atoms with E-state index >= 15 is 0 Å². The average molecular weight is 212 g/mol. The maximum absolute atomic E-state index is 11.1. The number of rotatable bonds is 4. The van der Waals surface area contributed by atoms with Crippen molar-refractivity contribution in [2.45, 2.75) is 25.4 Å². The fourth-order valence-electron chi connectivity index (χ4n) is 1.11. The van der Waals surface area contributed by atoms with Gasteiger partial charge >= 0.3 is 5.97 Å². The first-order valence-corrected chi connectivity index (χ1v) is 5.43. The molecule has 0 atom stereocenters. The second-order valence-electron chi connectivity index (χ2n) is 3.27. The van der Waals surface area contributed by atoms with Crippen LogP contribution in [0.15, 0.2) is 5.38 Å². The topological polar surface area (TPSA) is 51.2 Å². The van der Waals surface area contributed by atoms with Crippen LogP contribution in [0.25, 0.3) is 0 Å². The molecule has 1 aliphatic rings. The zero-order chi connectivity index (χ0) is 9.97. The number of ether oxygens (including phenoxy) is 1. The lowest BCUT2D eigenvalue weighted by molar-refractivity contribution is 0.0594. The molecule has 5 heteroatoms. The van der Waals surface area contributed by atoms with Crippen LogP contribution >= 0.6 is 11.3 Å². The van der Waals surface area contributed by atoms with E-state index in [-0.39, 0.29) is 5.97 Å². The highest BCUT2D eigenvalue weighted by Gasteiger charge is 2.20. The summed E-state index contributed by atoms with van der Waals surface area (Å²) >= 11 is 1.49. The summed E-state index contributed by atoms with van der Waals surface area (Å²) in [6.45, 7) is 0.756. The number of nitrogens with one attached hydrogen (secondary N) is 1. The van der Waals surface area contributed by atoms with Crippen LogP contribution in [-0.4, -0.2) is 24.1 Å². The van der Waals surface area contributed by atoms with E-state index < -0.39 is 0 Å². The molecule has 2 rings (SSSR count). The van der Waals surface area contributed by atoms with Gasteiger partial charge in [-0.1, -0.05) is 0 Å². The third-order valence-electron chi connectivity index (χ3n) is 2.07. The summed E-state index contributed by atoms with van der Waals surface area (Å²) < 4.78 is 4.57. The molecule has 0 bridgehead atoms. The molecule has 1 aliphatic carbocycles. The monoisotopic (exact) mass is 212 g/mol. The highest BCUT2D eigenvalue weighted by Crippen LogP contribution is 2.20. The van der Waals surface area contributed by atoms with Crippen molar-refractivity contribution in [3.63, 3.8) is 0 Å². The highest BCUT2D eigenvalue weighted by molar-refractivity contribution is 7.09. The molecule has 0 aliphatic heterocycles. The molecule has 0 saturated heterocycles.